The van der Waals surface area contributed by atoms with Crippen molar-refractivity contribution in [3.8, 4) is 0 Å². The van der Waals surface area contributed by atoms with Crippen molar-refractivity contribution in [3.63, 3.8) is 0 Å². The first-order valence-corrected chi connectivity index (χ1v) is 5.25. The van der Waals surface area contributed by atoms with Crippen molar-refractivity contribution in [2.45, 2.75) is 9.79 Å². The van der Waals surface area contributed by atoms with E-state index in [4.69, 9.17) is 0 Å². The molecule has 0 unspecified atom stereocenters. The predicted molar refractivity (Wildman–Crippen MR) is 56.9 cm³/mol. The van der Waals surface area contributed by atoms with Crippen molar-refractivity contribution < 1.29 is 8.78 Å². The number of benzene rings is 2. The highest BCUT2D eigenvalue weighted by Crippen LogP contribution is 2.29. The van der Waals surface area contributed by atoms with Gasteiger partial charge in [0.05, 0.1) is 4.90 Å². The minimum absolute atomic E-state index is 0.307. The van der Waals surface area contributed by atoms with Gasteiger partial charge in [0.1, 0.15) is 11.6 Å². The van der Waals surface area contributed by atoms with Gasteiger partial charge in [-0.1, -0.05) is 30.0 Å². The Morgan fingerprint density at radius 3 is 2.33 bits per heavy atom. The molecule has 0 aliphatic heterocycles. The maximum Gasteiger partial charge on any atom is 0.137 e. The molecular weight excluding hydrogens is 214 g/mol. The Kier molecular flexibility index (Phi) is 3.02. The van der Waals surface area contributed by atoms with Crippen LogP contribution in [0.4, 0.5) is 8.78 Å². The van der Waals surface area contributed by atoms with Crippen molar-refractivity contribution in [2.24, 2.45) is 0 Å². The third-order valence-corrected chi connectivity index (χ3v) is 2.90. The van der Waals surface area contributed by atoms with Gasteiger partial charge in [-0.15, -0.1) is 0 Å². The molecular formula is C12H8F2S. The molecule has 0 aliphatic carbocycles. The molecule has 3 heteroatoms. The topological polar surface area (TPSA) is 0 Å². The van der Waals surface area contributed by atoms with Gasteiger partial charge in [-0.2, -0.15) is 0 Å². The lowest BCUT2D eigenvalue weighted by molar-refractivity contribution is 0.577. The fraction of sp³-hybridized carbons (Fsp3) is 0. The van der Waals surface area contributed by atoms with Crippen LogP contribution in [0.15, 0.2) is 58.3 Å². The maximum atomic E-state index is 13.3. The van der Waals surface area contributed by atoms with Crippen LogP contribution in [0.3, 0.4) is 0 Å². The molecule has 0 N–H and O–H groups in total. The van der Waals surface area contributed by atoms with E-state index in [9.17, 15) is 8.78 Å². The Hall–Kier alpha value is -1.35. The molecule has 76 valence electrons. The van der Waals surface area contributed by atoms with E-state index in [1.165, 1.54) is 17.8 Å². The van der Waals surface area contributed by atoms with Crippen LogP contribution in [-0.2, 0) is 0 Å². The molecule has 0 heterocycles. The summed E-state index contributed by atoms with van der Waals surface area (Å²) in [6, 6.07) is 12.8. The first-order chi connectivity index (χ1) is 7.25. The van der Waals surface area contributed by atoms with Crippen LogP contribution in [-0.4, -0.2) is 0 Å². The molecule has 0 bridgehead atoms. The van der Waals surface area contributed by atoms with Crippen LogP contribution in [0.25, 0.3) is 0 Å². The second-order valence-electron chi connectivity index (χ2n) is 2.99. The zero-order valence-electron chi connectivity index (χ0n) is 7.78. The molecule has 0 spiro atoms. The molecule has 0 atom stereocenters. The Morgan fingerprint density at radius 1 is 0.867 bits per heavy atom. The fourth-order valence-corrected chi connectivity index (χ4v) is 2.06. The van der Waals surface area contributed by atoms with E-state index in [-0.39, 0.29) is 0 Å². The summed E-state index contributed by atoms with van der Waals surface area (Å²) >= 11 is 1.21. The van der Waals surface area contributed by atoms with Crippen LogP contribution in [0.2, 0.25) is 0 Å². The quantitative estimate of drug-likeness (QED) is 0.736. The molecule has 15 heavy (non-hydrogen) atoms. The standard InChI is InChI=1S/C12H8F2S/c13-9-6-7-11(14)12(8-9)15-10-4-2-1-3-5-10/h1-8H. The molecule has 0 radical (unpaired) electrons. The van der Waals surface area contributed by atoms with Gasteiger partial charge >= 0.3 is 0 Å². The van der Waals surface area contributed by atoms with Crippen molar-refractivity contribution >= 4 is 11.8 Å². The summed E-state index contributed by atoms with van der Waals surface area (Å²) in [6.45, 7) is 0. The first kappa shape index (κ1) is 10.2. The summed E-state index contributed by atoms with van der Waals surface area (Å²) < 4.78 is 26.1. The molecule has 0 aromatic heterocycles. The van der Waals surface area contributed by atoms with E-state index in [1.54, 1.807) is 0 Å². The lowest BCUT2D eigenvalue weighted by atomic mass is 10.3. The molecule has 0 amide bonds. The van der Waals surface area contributed by atoms with Gasteiger partial charge in [0.15, 0.2) is 0 Å². The Balaban J connectivity index is 2.28. The highest BCUT2D eigenvalue weighted by atomic mass is 32.2. The highest BCUT2D eigenvalue weighted by molar-refractivity contribution is 7.99. The summed E-state index contributed by atoms with van der Waals surface area (Å²) in [5.74, 6) is -0.819. The molecule has 2 aromatic carbocycles. The van der Waals surface area contributed by atoms with Crippen LogP contribution in [0.1, 0.15) is 0 Å². The maximum absolute atomic E-state index is 13.3. The normalized spacial score (nSPS) is 10.3. The van der Waals surface area contributed by atoms with E-state index < -0.39 is 11.6 Å². The number of rotatable bonds is 2. The van der Waals surface area contributed by atoms with E-state index in [0.29, 0.717) is 4.90 Å². The number of hydrogen-bond donors (Lipinski definition) is 0. The van der Waals surface area contributed by atoms with Crippen molar-refractivity contribution in [1.29, 1.82) is 0 Å². The van der Waals surface area contributed by atoms with Crippen molar-refractivity contribution in [3.05, 3.63) is 60.2 Å². The summed E-state index contributed by atoms with van der Waals surface area (Å²) in [4.78, 5) is 1.20. The van der Waals surface area contributed by atoms with Crippen LogP contribution < -0.4 is 0 Å². The average Bonchev–Trinajstić information content (AvgIpc) is 2.25. The molecule has 0 nitrogen and oxygen atoms in total. The summed E-state index contributed by atoms with van der Waals surface area (Å²) in [5, 5.41) is 0. The van der Waals surface area contributed by atoms with Crippen LogP contribution in [0.5, 0.6) is 0 Å². The first-order valence-electron chi connectivity index (χ1n) is 4.43. The van der Waals surface area contributed by atoms with E-state index in [1.807, 2.05) is 30.3 Å². The summed E-state index contributed by atoms with van der Waals surface area (Å²) in [7, 11) is 0. The fourth-order valence-electron chi connectivity index (χ4n) is 1.17. The van der Waals surface area contributed by atoms with Crippen molar-refractivity contribution in [2.75, 3.05) is 0 Å². The summed E-state index contributed by atoms with van der Waals surface area (Å²) in [6.07, 6.45) is 0. The van der Waals surface area contributed by atoms with Gasteiger partial charge in [-0.25, -0.2) is 8.78 Å². The Labute approximate surface area is 90.9 Å². The monoisotopic (exact) mass is 222 g/mol. The largest absolute Gasteiger partial charge is 0.207 e. The molecule has 0 saturated carbocycles. The van der Waals surface area contributed by atoms with Crippen molar-refractivity contribution in [1.82, 2.24) is 0 Å². The van der Waals surface area contributed by atoms with Crippen LogP contribution >= 0.6 is 11.8 Å². The van der Waals surface area contributed by atoms with Gasteiger partial charge in [0, 0.05) is 4.90 Å². The Morgan fingerprint density at radius 2 is 1.60 bits per heavy atom. The predicted octanol–water partition coefficient (Wildman–Crippen LogP) is 4.12. The SMILES string of the molecule is Fc1ccc(F)c(Sc2ccccc2)c1. The van der Waals surface area contributed by atoms with Gasteiger partial charge in [0.2, 0.25) is 0 Å². The molecule has 0 aliphatic rings. The van der Waals surface area contributed by atoms with E-state index in [0.717, 1.165) is 17.0 Å². The third-order valence-electron chi connectivity index (χ3n) is 1.86. The second-order valence-corrected chi connectivity index (χ2v) is 4.11. The van der Waals surface area contributed by atoms with Crippen LogP contribution in [0, 0.1) is 11.6 Å². The minimum Gasteiger partial charge on any atom is -0.207 e. The van der Waals surface area contributed by atoms with Gasteiger partial charge in [-0.3, -0.25) is 0 Å². The molecule has 0 fully saturated rings. The lowest BCUT2D eigenvalue weighted by Gasteiger charge is -2.02. The number of halogens is 2. The smallest absolute Gasteiger partial charge is 0.137 e. The van der Waals surface area contributed by atoms with Gasteiger partial charge < -0.3 is 0 Å². The highest BCUT2D eigenvalue weighted by Gasteiger charge is 2.05. The summed E-state index contributed by atoms with van der Waals surface area (Å²) in [5.41, 5.74) is 0. The van der Waals surface area contributed by atoms with E-state index in [2.05, 4.69) is 0 Å². The number of hydrogen-bond acceptors (Lipinski definition) is 1. The molecule has 2 aromatic rings. The van der Waals surface area contributed by atoms with Gasteiger partial charge in [0.25, 0.3) is 0 Å². The lowest BCUT2D eigenvalue weighted by Crippen LogP contribution is -1.83. The Bertz CT molecular complexity index is 454. The van der Waals surface area contributed by atoms with Gasteiger partial charge in [-0.05, 0) is 30.3 Å². The third kappa shape index (κ3) is 2.57. The molecule has 0 saturated heterocycles. The zero-order chi connectivity index (χ0) is 10.7. The average molecular weight is 222 g/mol. The molecule has 2 rings (SSSR count). The second kappa shape index (κ2) is 4.45. The van der Waals surface area contributed by atoms with E-state index >= 15 is 0 Å². The zero-order valence-corrected chi connectivity index (χ0v) is 8.60. The minimum atomic E-state index is -0.421.